The van der Waals surface area contributed by atoms with Crippen LogP contribution in [0.4, 0.5) is 4.39 Å². The van der Waals surface area contributed by atoms with Crippen molar-refractivity contribution in [3.05, 3.63) is 40.2 Å². The molecule has 3 rings (SSSR count). The molecule has 2 heterocycles. The second kappa shape index (κ2) is 3.46. The van der Waals surface area contributed by atoms with E-state index in [4.69, 9.17) is 5.84 Å². The van der Waals surface area contributed by atoms with Gasteiger partial charge in [-0.1, -0.05) is 0 Å². The number of hydrogen-bond donors (Lipinski definition) is 1. The van der Waals surface area contributed by atoms with Crippen molar-refractivity contribution >= 4 is 21.9 Å². The highest BCUT2D eigenvalue weighted by molar-refractivity contribution is 6.00. The van der Waals surface area contributed by atoms with Crippen LogP contribution in [-0.4, -0.2) is 19.9 Å². The molecule has 0 aliphatic rings. The van der Waals surface area contributed by atoms with Gasteiger partial charge in [-0.15, -0.1) is 10.2 Å². The predicted octanol–water partition coefficient (Wildman–Crippen LogP) is 0.501. The molecule has 0 unspecified atom stereocenters. The number of hydrogen-bond acceptors (Lipinski definition) is 5. The van der Waals surface area contributed by atoms with Crippen molar-refractivity contribution in [1.82, 2.24) is 19.9 Å². The number of fused-ring (bicyclic) bond motifs is 3. The highest BCUT2D eigenvalue weighted by atomic mass is 19.1. The quantitative estimate of drug-likeness (QED) is 0.460. The Labute approximate surface area is 99.9 Å². The van der Waals surface area contributed by atoms with Crippen molar-refractivity contribution in [2.75, 3.05) is 5.84 Å². The summed E-state index contributed by atoms with van der Waals surface area (Å²) >= 11 is 0. The van der Waals surface area contributed by atoms with Crippen LogP contribution in [0.25, 0.3) is 21.9 Å². The van der Waals surface area contributed by atoms with Crippen LogP contribution >= 0.6 is 0 Å². The van der Waals surface area contributed by atoms with Gasteiger partial charge in [0.05, 0.1) is 5.52 Å². The van der Waals surface area contributed by atoms with Crippen molar-refractivity contribution < 1.29 is 4.39 Å². The van der Waals surface area contributed by atoms with E-state index >= 15 is 0 Å². The zero-order chi connectivity index (χ0) is 12.9. The van der Waals surface area contributed by atoms with Gasteiger partial charge in [-0.05, 0) is 19.1 Å². The van der Waals surface area contributed by atoms with Gasteiger partial charge in [0, 0.05) is 11.5 Å². The van der Waals surface area contributed by atoms with Gasteiger partial charge in [0.15, 0.2) is 5.52 Å². The van der Waals surface area contributed by atoms with E-state index in [0.29, 0.717) is 22.2 Å². The Morgan fingerprint density at radius 1 is 1.28 bits per heavy atom. The number of aromatic nitrogens is 4. The SMILES string of the molecule is Cc1nc2c(nnc3cc(F)ccc32)c(=O)n1N. The van der Waals surface area contributed by atoms with Crippen LogP contribution in [0.3, 0.4) is 0 Å². The molecule has 0 saturated carbocycles. The molecule has 0 radical (unpaired) electrons. The standard InChI is InChI=1S/C11H8FN5O/c1-5-14-9-7-3-2-6(12)4-8(7)15-16-10(9)11(18)17(5)13/h2-4H,13H2,1H3. The number of aryl methyl sites for hydroxylation is 1. The molecule has 6 nitrogen and oxygen atoms in total. The second-order valence-electron chi connectivity index (χ2n) is 3.89. The first-order valence-corrected chi connectivity index (χ1v) is 5.18. The molecule has 0 aliphatic heterocycles. The number of benzene rings is 1. The summed E-state index contributed by atoms with van der Waals surface area (Å²) in [6.07, 6.45) is 0. The van der Waals surface area contributed by atoms with Crippen molar-refractivity contribution in [1.29, 1.82) is 0 Å². The minimum absolute atomic E-state index is 0.0715. The molecule has 7 heteroatoms. The molecule has 0 atom stereocenters. The van der Waals surface area contributed by atoms with Crippen LogP contribution in [0.2, 0.25) is 0 Å². The van der Waals surface area contributed by atoms with E-state index in [-0.39, 0.29) is 5.52 Å². The maximum atomic E-state index is 13.1. The molecule has 1 aromatic carbocycles. The summed E-state index contributed by atoms with van der Waals surface area (Å²) in [6, 6.07) is 4.05. The fourth-order valence-electron chi connectivity index (χ4n) is 1.80. The molecule has 18 heavy (non-hydrogen) atoms. The maximum Gasteiger partial charge on any atom is 0.300 e. The summed E-state index contributed by atoms with van der Waals surface area (Å²) in [5.74, 6) is 5.47. The number of nitrogen functional groups attached to an aromatic ring is 1. The number of rotatable bonds is 0. The van der Waals surface area contributed by atoms with Gasteiger partial charge in [0.1, 0.15) is 17.2 Å². The fourth-order valence-corrected chi connectivity index (χ4v) is 1.80. The van der Waals surface area contributed by atoms with Crippen LogP contribution < -0.4 is 11.4 Å². The largest absolute Gasteiger partial charge is 0.335 e. The van der Waals surface area contributed by atoms with Crippen LogP contribution in [-0.2, 0) is 0 Å². The molecule has 0 fully saturated rings. The Bertz CT molecular complexity index is 842. The Kier molecular flexibility index (Phi) is 2.03. The monoisotopic (exact) mass is 245 g/mol. The second-order valence-corrected chi connectivity index (χ2v) is 3.89. The minimum atomic E-state index is -0.476. The average molecular weight is 245 g/mol. The normalized spacial score (nSPS) is 11.2. The number of nitrogens with zero attached hydrogens (tertiary/aromatic N) is 4. The minimum Gasteiger partial charge on any atom is -0.335 e. The molecule has 0 saturated heterocycles. The van der Waals surface area contributed by atoms with Gasteiger partial charge in [-0.3, -0.25) is 4.79 Å². The zero-order valence-electron chi connectivity index (χ0n) is 9.38. The van der Waals surface area contributed by atoms with Crippen molar-refractivity contribution in [3.63, 3.8) is 0 Å². The lowest BCUT2D eigenvalue weighted by Crippen LogP contribution is -2.31. The highest BCUT2D eigenvalue weighted by Crippen LogP contribution is 2.18. The van der Waals surface area contributed by atoms with Crippen LogP contribution in [0.5, 0.6) is 0 Å². The van der Waals surface area contributed by atoms with E-state index < -0.39 is 11.4 Å². The van der Waals surface area contributed by atoms with E-state index in [2.05, 4.69) is 15.2 Å². The van der Waals surface area contributed by atoms with Crippen LogP contribution in [0.1, 0.15) is 5.82 Å². The molecular formula is C11H8FN5O. The van der Waals surface area contributed by atoms with Gasteiger partial charge in [0.25, 0.3) is 5.56 Å². The lowest BCUT2D eigenvalue weighted by Gasteiger charge is -2.05. The van der Waals surface area contributed by atoms with Gasteiger partial charge < -0.3 is 5.84 Å². The average Bonchev–Trinajstić information content (AvgIpc) is 2.35. The molecule has 0 amide bonds. The van der Waals surface area contributed by atoms with Gasteiger partial charge in [0.2, 0.25) is 0 Å². The molecule has 2 N–H and O–H groups in total. The maximum absolute atomic E-state index is 13.1. The molecule has 0 bridgehead atoms. The summed E-state index contributed by atoms with van der Waals surface area (Å²) in [4.78, 5) is 16.1. The van der Waals surface area contributed by atoms with Gasteiger partial charge in [-0.25, -0.2) is 14.1 Å². The number of nitrogens with two attached hydrogens (primary N) is 1. The van der Waals surface area contributed by atoms with E-state index in [1.54, 1.807) is 6.92 Å². The van der Waals surface area contributed by atoms with Crippen LogP contribution in [0, 0.1) is 12.7 Å². The Hall–Kier alpha value is -2.57. The first-order chi connectivity index (χ1) is 8.58. The van der Waals surface area contributed by atoms with Crippen molar-refractivity contribution in [2.24, 2.45) is 0 Å². The van der Waals surface area contributed by atoms with Gasteiger partial charge >= 0.3 is 0 Å². The van der Waals surface area contributed by atoms with Crippen LogP contribution in [0.15, 0.2) is 23.0 Å². The predicted molar refractivity (Wildman–Crippen MR) is 63.9 cm³/mol. The summed E-state index contributed by atoms with van der Waals surface area (Å²) in [5, 5.41) is 8.13. The molecule has 90 valence electrons. The topological polar surface area (TPSA) is 86.7 Å². The smallest absolute Gasteiger partial charge is 0.300 e. The number of halogens is 1. The lowest BCUT2D eigenvalue weighted by atomic mass is 10.2. The highest BCUT2D eigenvalue weighted by Gasteiger charge is 2.11. The van der Waals surface area contributed by atoms with Crippen molar-refractivity contribution in [3.8, 4) is 0 Å². The lowest BCUT2D eigenvalue weighted by molar-refractivity contribution is 0.629. The fraction of sp³-hybridized carbons (Fsp3) is 0.0909. The summed E-state index contributed by atoms with van der Waals surface area (Å²) < 4.78 is 14.0. The third-order valence-corrected chi connectivity index (χ3v) is 2.74. The first-order valence-electron chi connectivity index (χ1n) is 5.18. The summed E-state index contributed by atoms with van der Waals surface area (Å²) in [5.41, 5.74) is 0.325. The molecular weight excluding hydrogens is 237 g/mol. The summed E-state index contributed by atoms with van der Waals surface area (Å²) in [7, 11) is 0. The van der Waals surface area contributed by atoms with Gasteiger partial charge in [-0.2, -0.15) is 0 Å². The van der Waals surface area contributed by atoms with Crippen molar-refractivity contribution in [2.45, 2.75) is 6.92 Å². The zero-order valence-corrected chi connectivity index (χ0v) is 9.38. The van der Waals surface area contributed by atoms with E-state index in [1.807, 2.05) is 0 Å². The Morgan fingerprint density at radius 3 is 2.83 bits per heavy atom. The van der Waals surface area contributed by atoms with E-state index in [1.165, 1.54) is 18.2 Å². The third kappa shape index (κ3) is 1.33. The molecule has 0 spiro atoms. The third-order valence-electron chi connectivity index (χ3n) is 2.74. The summed E-state index contributed by atoms with van der Waals surface area (Å²) in [6.45, 7) is 1.61. The van der Waals surface area contributed by atoms with E-state index in [0.717, 1.165) is 4.68 Å². The van der Waals surface area contributed by atoms with E-state index in [9.17, 15) is 9.18 Å². The molecule has 0 aliphatic carbocycles. The first kappa shape index (κ1) is 10.6. The Balaban J connectivity index is 2.59. The molecule has 2 aromatic heterocycles. The Morgan fingerprint density at radius 2 is 2.06 bits per heavy atom. The molecule has 3 aromatic rings.